The number of amides is 1. The summed E-state index contributed by atoms with van der Waals surface area (Å²) in [6.07, 6.45) is 57.3. The van der Waals surface area contributed by atoms with Gasteiger partial charge in [-0.05, 0) is 12.8 Å². The molecule has 6 N–H and O–H groups in total. The van der Waals surface area contributed by atoms with Gasteiger partial charge in [0.05, 0.1) is 25.4 Å². The molecule has 0 aliphatic carbocycles. The molecule has 0 aromatic heterocycles. The van der Waals surface area contributed by atoms with Gasteiger partial charge in [0.2, 0.25) is 5.91 Å². The highest BCUT2D eigenvalue weighted by atomic mass is 16.7. The molecule has 9 nitrogen and oxygen atoms in total. The first-order chi connectivity index (χ1) is 34.8. The molecule has 1 fully saturated rings. The van der Waals surface area contributed by atoms with Gasteiger partial charge in [0.25, 0.3) is 0 Å². The summed E-state index contributed by atoms with van der Waals surface area (Å²) in [5, 5.41) is 54.7. The first kappa shape index (κ1) is 68.2. The van der Waals surface area contributed by atoms with Crippen LogP contribution in [0.5, 0.6) is 0 Å². The molecule has 0 bridgehead atoms. The van der Waals surface area contributed by atoms with Crippen LogP contribution in [0.3, 0.4) is 0 Å². The van der Waals surface area contributed by atoms with Gasteiger partial charge in [-0.3, -0.25) is 4.79 Å². The number of carbonyl (C=O) groups excluding carboxylic acids is 1. The van der Waals surface area contributed by atoms with Crippen molar-refractivity contribution >= 4 is 5.91 Å². The average Bonchev–Trinajstić information content (AvgIpc) is 3.37. The molecular formula is C62H123NO8. The topological polar surface area (TPSA) is 149 Å². The Labute approximate surface area is 440 Å². The zero-order chi connectivity index (χ0) is 51.5. The van der Waals surface area contributed by atoms with Gasteiger partial charge in [-0.1, -0.05) is 316 Å². The Kier molecular flexibility index (Phi) is 50.6. The van der Waals surface area contributed by atoms with Crippen LogP contribution >= 0.6 is 0 Å². The molecule has 0 aromatic rings. The molecule has 71 heavy (non-hydrogen) atoms. The summed E-state index contributed by atoms with van der Waals surface area (Å²) in [7, 11) is 0. The van der Waals surface area contributed by atoms with Crippen LogP contribution in [0.4, 0.5) is 0 Å². The van der Waals surface area contributed by atoms with Gasteiger partial charge in [-0.15, -0.1) is 0 Å². The summed E-state index contributed by atoms with van der Waals surface area (Å²) < 4.78 is 11.3. The highest BCUT2D eigenvalue weighted by Gasteiger charge is 2.44. The van der Waals surface area contributed by atoms with E-state index in [1.165, 1.54) is 270 Å². The predicted molar refractivity (Wildman–Crippen MR) is 300 cm³/mol. The van der Waals surface area contributed by atoms with Crippen molar-refractivity contribution in [2.24, 2.45) is 0 Å². The number of carbonyl (C=O) groups is 1. The van der Waals surface area contributed by atoms with E-state index in [9.17, 15) is 30.3 Å². The minimum atomic E-state index is -1.55. The third kappa shape index (κ3) is 42.0. The van der Waals surface area contributed by atoms with Crippen LogP contribution in [0, 0.1) is 0 Å². The van der Waals surface area contributed by atoms with E-state index in [-0.39, 0.29) is 12.5 Å². The van der Waals surface area contributed by atoms with E-state index >= 15 is 0 Å². The summed E-state index contributed by atoms with van der Waals surface area (Å²) in [6, 6.07) is -0.714. The minimum Gasteiger partial charge on any atom is -0.394 e. The fourth-order valence-electron chi connectivity index (χ4n) is 10.7. The Bertz CT molecular complexity index is 1080. The van der Waals surface area contributed by atoms with Gasteiger partial charge < -0.3 is 40.3 Å². The van der Waals surface area contributed by atoms with Crippen LogP contribution in [0.2, 0.25) is 0 Å². The summed E-state index contributed by atoms with van der Waals surface area (Å²) in [4.78, 5) is 13.1. The number of unbranched alkanes of at least 4 members (excludes halogenated alkanes) is 46. The maximum absolute atomic E-state index is 13.1. The average molecular weight is 1010 g/mol. The number of hydrogen-bond donors (Lipinski definition) is 6. The van der Waals surface area contributed by atoms with E-state index < -0.39 is 49.5 Å². The minimum absolute atomic E-state index is 0.131. The molecule has 1 aliphatic rings. The van der Waals surface area contributed by atoms with Crippen molar-refractivity contribution < 1.29 is 39.8 Å². The van der Waals surface area contributed by atoms with Crippen molar-refractivity contribution in [3.8, 4) is 0 Å². The molecule has 1 rings (SSSR count). The lowest BCUT2D eigenvalue weighted by Crippen LogP contribution is -2.60. The molecule has 2 unspecified atom stereocenters. The number of aliphatic hydroxyl groups is 5. The predicted octanol–water partition coefficient (Wildman–Crippen LogP) is 16.2. The molecule has 0 spiro atoms. The summed E-state index contributed by atoms with van der Waals surface area (Å²) in [6.45, 7) is 3.89. The summed E-state index contributed by atoms with van der Waals surface area (Å²) in [5.41, 5.74) is 0. The zero-order valence-electron chi connectivity index (χ0n) is 47.3. The molecule has 0 aromatic carbocycles. The lowest BCUT2D eigenvalue weighted by Gasteiger charge is -2.40. The second-order valence-electron chi connectivity index (χ2n) is 22.6. The Morgan fingerprint density at radius 3 is 1.00 bits per heavy atom. The smallest absolute Gasteiger partial charge is 0.220 e. The van der Waals surface area contributed by atoms with Crippen LogP contribution in [-0.4, -0.2) is 87.5 Å². The van der Waals surface area contributed by atoms with E-state index in [0.29, 0.717) is 12.8 Å². The second kappa shape index (κ2) is 52.6. The molecule has 7 atom stereocenters. The Morgan fingerprint density at radius 2 is 0.704 bits per heavy atom. The van der Waals surface area contributed by atoms with E-state index in [0.717, 1.165) is 38.5 Å². The number of hydrogen-bond acceptors (Lipinski definition) is 8. The third-order valence-corrected chi connectivity index (χ3v) is 15.7. The Balaban J connectivity index is 2.09. The Hall–Kier alpha value is -0.810. The monoisotopic (exact) mass is 1010 g/mol. The summed E-state index contributed by atoms with van der Waals surface area (Å²) >= 11 is 0. The van der Waals surface area contributed by atoms with Gasteiger partial charge in [0.15, 0.2) is 6.29 Å². The molecule has 0 radical (unpaired) electrons. The van der Waals surface area contributed by atoms with Crippen LogP contribution in [0.1, 0.15) is 335 Å². The standard InChI is InChI=1S/C62H123NO8/c1-3-5-7-9-11-13-15-17-19-21-22-23-24-25-26-27-28-29-30-31-32-33-34-36-38-40-42-44-46-48-50-52-58(66)63-55(54-70-62-61(69)60(68)59(67)57(53-64)71-62)56(65)51-49-47-45-43-41-39-37-35-20-18-16-14-12-10-8-6-4-2/h55-57,59-62,64-65,67-69H,3-54H2,1-2H3,(H,63,66)/t55-,56+,57+,59+,60?,61?,62+/m0/s1. The lowest BCUT2D eigenvalue weighted by molar-refractivity contribution is -0.302. The molecule has 1 heterocycles. The van der Waals surface area contributed by atoms with Crippen molar-refractivity contribution in [3.05, 3.63) is 0 Å². The molecule has 1 amide bonds. The molecular weight excluding hydrogens is 887 g/mol. The fraction of sp³-hybridized carbons (Fsp3) is 0.984. The molecule has 9 heteroatoms. The van der Waals surface area contributed by atoms with Crippen LogP contribution in [0.25, 0.3) is 0 Å². The zero-order valence-corrected chi connectivity index (χ0v) is 47.3. The lowest BCUT2D eigenvalue weighted by atomic mass is 9.99. The summed E-state index contributed by atoms with van der Waals surface area (Å²) in [5.74, 6) is -0.135. The maximum Gasteiger partial charge on any atom is 0.220 e. The molecule has 424 valence electrons. The van der Waals surface area contributed by atoms with E-state index in [4.69, 9.17) is 9.47 Å². The number of ether oxygens (including phenoxy) is 2. The van der Waals surface area contributed by atoms with Crippen molar-refractivity contribution in [2.75, 3.05) is 13.2 Å². The van der Waals surface area contributed by atoms with Gasteiger partial charge in [-0.25, -0.2) is 0 Å². The Morgan fingerprint density at radius 1 is 0.423 bits per heavy atom. The van der Waals surface area contributed by atoms with Crippen LogP contribution in [0.15, 0.2) is 0 Å². The van der Waals surface area contributed by atoms with E-state index in [1.54, 1.807) is 0 Å². The largest absolute Gasteiger partial charge is 0.394 e. The SMILES string of the molecule is CCCCCCCCCCCCCCCCCCCCCCCCCCCCCCCCCC(=O)N[C@@H](CO[C@@H]1O[C@H](CO)[C@@H](O)C(O)C1O)[C@H](O)CCCCCCCCCCCCCCCCCCC. The third-order valence-electron chi connectivity index (χ3n) is 15.7. The van der Waals surface area contributed by atoms with Crippen molar-refractivity contribution in [2.45, 2.75) is 378 Å². The van der Waals surface area contributed by atoms with Gasteiger partial charge in [0, 0.05) is 6.42 Å². The fourth-order valence-corrected chi connectivity index (χ4v) is 10.7. The van der Waals surface area contributed by atoms with E-state index in [2.05, 4.69) is 19.2 Å². The van der Waals surface area contributed by atoms with Crippen LogP contribution < -0.4 is 5.32 Å². The highest BCUT2D eigenvalue weighted by Crippen LogP contribution is 2.24. The quantitative estimate of drug-likeness (QED) is 0.0330. The second-order valence-corrected chi connectivity index (χ2v) is 22.6. The molecule has 1 aliphatic heterocycles. The molecule has 1 saturated heterocycles. The van der Waals surface area contributed by atoms with Crippen molar-refractivity contribution in [3.63, 3.8) is 0 Å². The number of aliphatic hydroxyl groups excluding tert-OH is 5. The number of rotatable bonds is 56. The van der Waals surface area contributed by atoms with E-state index in [1.807, 2.05) is 0 Å². The van der Waals surface area contributed by atoms with Gasteiger partial charge >= 0.3 is 0 Å². The number of nitrogens with one attached hydrogen (secondary N) is 1. The maximum atomic E-state index is 13.1. The van der Waals surface area contributed by atoms with Gasteiger partial charge in [0.1, 0.15) is 24.4 Å². The molecule has 0 saturated carbocycles. The van der Waals surface area contributed by atoms with Crippen molar-refractivity contribution in [1.82, 2.24) is 5.32 Å². The first-order valence-corrected chi connectivity index (χ1v) is 31.7. The normalized spacial score (nSPS) is 19.1. The van der Waals surface area contributed by atoms with Crippen molar-refractivity contribution in [1.29, 1.82) is 0 Å². The van der Waals surface area contributed by atoms with Gasteiger partial charge in [-0.2, -0.15) is 0 Å². The van der Waals surface area contributed by atoms with Crippen LogP contribution in [-0.2, 0) is 14.3 Å². The first-order valence-electron chi connectivity index (χ1n) is 31.7. The highest BCUT2D eigenvalue weighted by molar-refractivity contribution is 5.76.